The molecular weight excluding hydrogens is 214 g/mol. The van der Waals surface area contributed by atoms with Crippen LogP contribution in [0.3, 0.4) is 0 Å². The summed E-state index contributed by atoms with van der Waals surface area (Å²) in [6.07, 6.45) is 5.63. The van der Waals surface area contributed by atoms with Crippen molar-refractivity contribution in [3.63, 3.8) is 0 Å². The van der Waals surface area contributed by atoms with E-state index in [1.54, 1.807) is 0 Å². The predicted molar refractivity (Wildman–Crippen MR) is 69.2 cm³/mol. The zero-order chi connectivity index (χ0) is 12.1. The van der Waals surface area contributed by atoms with Crippen LogP contribution in [0.4, 0.5) is 5.82 Å². The molecule has 1 saturated heterocycles. The van der Waals surface area contributed by atoms with Crippen LogP contribution in [0, 0.1) is 0 Å². The van der Waals surface area contributed by atoms with E-state index in [-0.39, 0.29) is 0 Å². The average molecular weight is 237 g/mol. The Morgan fingerprint density at radius 2 is 2.35 bits per heavy atom. The van der Waals surface area contributed by atoms with Gasteiger partial charge in [0.25, 0.3) is 0 Å². The Morgan fingerprint density at radius 1 is 1.47 bits per heavy atom. The SMILES string of the molecule is CCCNCC1CCCN1c1cnnn1CC. The molecule has 0 radical (unpaired) electrons. The van der Waals surface area contributed by atoms with E-state index >= 15 is 0 Å². The second-order valence-electron chi connectivity index (χ2n) is 4.60. The van der Waals surface area contributed by atoms with E-state index in [2.05, 4.69) is 34.4 Å². The maximum Gasteiger partial charge on any atom is 0.147 e. The molecule has 0 aliphatic carbocycles. The van der Waals surface area contributed by atoms with Gasteiger partial charge in [0.15, 0.2) is 0 Å². The van der Waals surface area contributed by atoms with Gasteiger partial charge in [0.1, 0.15) is 5.82 Å². The smallest absolute Gasteiger partial charge is 0.147 e. The maximum atomic E-state index is 4.11. The van der Waals surface area contributed by atoms with Crippen molar-refractivity contribution in [3.8, 4) is 0 Å². The molecule has 5 nitrogen and oxygen atoms in total. The van der Waals surface area contributed by atoms with Crippen LogP contribution in [0.1, 0.15) is 33.1 Å². The van der Waals surface area contributed by atoms with E-state index in [0.29, 0.717) is 6.04 Å². The highest BCUT2D eigenvalue weighted by Gasteiger charge is 2.26. The molecule has 1 aromatic rings. The normalized spacial score (nSPS) is 20.1. The highest BCUT2D eigenvalue weighted by Crippen LogP contribution is 2.24. The maximum absolute atomic E-state index is 4.11. The topological polar surface area (TPSA) is 46.0 Å². The third-order valence-corrected chi connectivity index (χ3v) is 3.37. The molecule has 1 fully saturated rings. The number of hydrogen-bond acceptors (Lipinski definition) is 4. The molecule has 0 aromatic carbocycles. The third kappa shape index (κ3) is 2.77. The molecule has 2 rings (SSSR count). The number of aryl methyl sites for hydroxylation is 1. The van der Waals surface area contributed by atoms with Crippen LogP contribution in [0.15, 0.2) is 6.20 Å². The Kier molecular flexibility index (Phi) is 4.36. The summed E-state index contributed by atoms with van der Waals surface area (Å²) in [5.41, 5.74) is 0. The monoisotopic (exact) mass is 237 g/mol. The molecule has 96 valence electrons. The summed E-state index contributed by atoms with van der Waals surface area (Å²) in [4.78, 5) is 2.45. The number of hydrogen-bond donors (Lipinski definition) is 1. The van der Waals surface area contributed by atoms with Gasteiger partial charge in [-0.3, -0.25) is 0 Å². The molecule has 1 aliphatic heterocycles. The first kappa shape index (κ1) is 12.4. The van der Waals surface area contributed by atoms with Crippen molar-refractivity contribution in [3.05, 3.63) is 6.20 Å². The molecule has 17 heavy (non-hydrogen) atoms. The lowest BCUT2D eigenvalue weighted by Gasteiger charge is -2.26. The average Bonchev–Trinajstić information content (AvgIpc) is 2.96. The van der Waals surface area contributed by atoms with Crippen LogP contribution in [0.25, 0.3) is 0 Å². The lowest BCUT2D eigenvalue weighted by Crippen LogP contribution is -2.39. The van der Waals surface area contributed by atoms with E-state index in [4.69, 9.17) is 0 Å². The molecule has 5 heteroatoms. The molecule has 1 aromatic heterocycles. The van der Waals surface area contributed by atoms with E-state index in [9.17, 15) is 0 Å². The van der Waals surface area contributed by atoms with E-state index < -0.39 is 0 Å². The predicted octanol–water partition coefficient (Wildman–Crippen LogP) is 1.27. The van der Waals surface area contributed by atoms with Crippen LogP contribution in [0.2, 0.25) is 0 Å². The van der Waals surface area contributed by atoms with Gasteiger partial charge in [-0.2, -0.15) is 0 Å². The Morgan fingerprint density at radius 3 is 3.12 bits per heavy atom. The van der Waals surface area contributed by atoms with E-state index in [0.717, 1.165) is 26.2 Å². The molecule has 1 aliphatic rings. The molecule has 1 atom stereocenters. The minimum absolute atomic E-state index is 0.602. The van der Waals surface area contributed by atoms with Gasteiger partial charge in [-0.05, 0) is 32.7 Å². The summed E-state index contributed by atoms with van der Waals surface area (Å²) in [6.45, 7) is 8.51. The lowest BCUT2D eigenvalue weighted by atomic mass is 10.2. The van der Waals surface area contributed by atoms with Crippen LogP contribution in [-0.4, -0.2) is 40.7 Å². The van der Waals surface area contributed by atoms with Gasteiger partial charge in [0.05, 0.1) is 6.20 Å². The molecule has 0 amide bonds. The Labute approximate surface area is 103 Å². The first-order chi connectivity index (χ1) is 8.36. The number of anilines is 1. The highest BCUT2D eigenvalue weighted by molar-refractivity contribution is 5.39. The van der Waals surface area contributed by atoms with Crippen molar-refractivity contribution in [1.82, 2.24) is 20.3 Å². The summed E-state index contributed by atoms with van der Waals surface area (Å²) in [6, 6.07) is 0.602. The minimum Gasteiger partial charge on any atom is -0.351 e. The largest absolute Gasteiger partial charge is 0.351 e. The molecule has 1 N–H and O–H groups in total. The zero-order valence-corrected chi connectivity index (χ0v) is 10.9. The lowest BCUT2D eigenvalue weighted by molar-refractivity contribution is 0.551. The summed E-state index contributed by atoms with van der Waals surface area (Å²) >= 11 is 0. The standard InChI is InChI=1S/C12H23N5/c1-3-7-13-9-11-6-5-8-16(11)12-10-14-15-17(12)4-2/h10-11,13H,3-9H2,1-2H3. The summed E-state index contributed by atoms with van der Waals surface area (Å²) < 4.78 is 1.98. The number of rotatable bonds is 6. The van der Waals surface area contributed by atoms with E-state index in [1.807, 2.05) is 10.9 Å². The summed E-state index contributed by atoms with van der Waals surface area (Å²) in [5.74, 6) is 1.17. The Bertz CT molecular complexity index is 335. The van der Waals surface area contributed by atoms with Gasteiger partial charge in [-0.25, -0.2) is 4.68 Å². The minimum atomic E-state index is 0.602. The Hall–Kier alpha value is -1.10. The van der Waals surface area contributed by atoms with Gasteiger partial charge in [0, 0.05) is 25.7 Å². The van der Waals surface area contributed by atoms with Crippen molar-refractivity contribution in [2.24, 2.45) is 0 Å². The van der Waals surface area contributed by atoms with Gasteiger partial charge in [0.2, 0.25) is 0 Å². The van der Waals surface area contributed by atoms with Crippen LogP contribution < -0.4 is 10.2 Å². The number of nitrogens with one attached hydrogen (secondary N) is 1. The third-order valence-electron chi connectivity index (χ3n) is 3.37. The van der Waals surface area contributed by atoms with Gasteiger partial charge in [-0.1, -0.05) is 12.1 Å². The highest BCUT2D eigenvalue weighted by atomic mass is 15.5. The van der Waals surface area contributed by atoms with Crippen molar-refractivity contribution in [2.75, 3.05) is 24.5 Å². The fourth-order valence-corrected chi connectivity index (χ4v) is 2.49. The van der Waals surface area contributed by atoms with Crippen LogP contribution >= 0.6 is 0 Å². The zero-order valence-electron chi connectivity index (χ0n) is 10.9. The van der Waals surface area contributed by atoms with Gasteiger partial charge < -0.3 is 10.2 Å². The number of aromatic nitrogens is 3. The fourth-order valence-electron chi connectivity index (χ4n) is 2.49. The van der Waals surface area contributed by atoms with E-state index in [1.165, 1.54) is 25.1 Å². The van der Waals surface area contributed by atoms with Crippen molar-refractivity contribution < 1.29 is 0 Å². The second-order valence-corrected chi connectivity index (χ2v) is 4.60. The molecule has 0 bridgehead atoms. The molecular formula is C12H23N5. The van der Waals surface area contributed by atoms with Crippen molar-refractivity contribution in [2.45, 2.75) is 45.7 Å². The molecule has 0 saturated carbocycles. The van der Waals surface area contributed by atoms with Crippen LogP contribution in [-0.2, 0) is 6.54 Å². The Balaban J connectivity index is 1.99. The van der Waals surface area contributed by atoms with Crippen LogP contribution in [0.5, 0.6) is 0 Å². The van der Waals surface area contributed by atoms with Crippen molar-refractivity contribution >= 4 is 5.82 Å². The summed E-state index contributed by atoms with van der Waals surface area (Å²) in [5, 5.41) is 11.6. The summed E-state index contributed by atoms with van der Waals surface area (Å²) in [7, 11) is 0. The van der Waals surface area contributed by atoms with Crippen molar-refractivity contribution in [1.29, 1.82) is 0 Å². The van der Waals surface area contributed by atoms with Gasteiger partial charge >= 0.3 is 0 Å². The van der Waals surface area contributed by atoms with Gasteiger partial charge in [-0.15, -0.1) is 5.10 Å². The first-order valence-corrected chi connectivity index (χ1v) is 6.72. The fraction of sp³-hybridized carbons (Fsp3) is 0.833. The molecule has 0 spiro atoms. The second kappa shape index (κ2) is 6.00. The molecule has 2 heterocycles. The quantitative estimate of drug-likeness (QED) is 0.757. The first-order valence-electron chi connectivity index (χ1n) is 6.72. The number of nitrogens with zero attached hydrogens (tertiary/aromatic N) is 4. The molecule has 1 unspecified atom stereocenters.